The third-order valence-electron chi connectivity index (χ3n) is 2.45. The lowest BCUT2D eigenvalue weighted by Crippen LogP contribution is -2.25. The van der Waals surface area contributed by atoms with Gasteiger partial charge < -0.3 is 20.9 Å². The highest BCUT2D eigenvalue weighted by Gasteiger charge is 2.06. The zero-order valence-electron chi connectivity index (χ0n) is 9.87. The van der Waals surface area contributed by atoms with E-state index in [0.717, 1.165) is 25.2 Å². The number of aliphatic hydroxyl groups excluding tert-OH is 1. The van der Waals surface area contributed by atoms with Gasteiger partial charge in [-0.25, -0.2) is 0 Å². The van der Waals surface area contributed by atoms with E-state index in [9.17, 15) is 0 Å². The average Bonchev–Trinajstić information content (AvgIpc) is 2.39. The molecule has 1 aromatic rings. The first-order valence-electron chi connectivity index (χ1n) is 5.52. The second-order valence-electron chi connectivity index (χ2n) is 3.54. The SMILES string of the molecule is CCN(CCCO)c1ccc(/C(N)=N/O)nc1. The van der Waals surface area contributed by atoms with Crippen LogP contribution >= 0.6 is 0 Å². The van der Waals surface area contributed by atoms with Gasteiger partial charge in [0.2, 0.25) is 0 Å². The highest BCUT2D eigenvalue weighted by molar-refractivity contribution is 5.95. The lowest BCUT2D eigenvalue weighted by atomic mass is 10.3. The number of aliphatic hydroxyl groups is 1. The van der Waals surface area contributed by atoms with Crippen molar-refractivity contribution >= 4 is 11.5 Å². The summed E-state index contributed by atoms with van der Waals surface area (Å²) in [4.78, 5) is 6.20. The second-order valence-corrected chi connectivity index (χ2v) is 3.54. The van der Waals surface area contributed by atoms with Crippen LogP contribution in [0.3, 0.4) is 0 Å². The summed E-state index contributed by atoms with van der Waals surface area (Å²) in [5.74, 6) is -0.00467. The van der Waals surface area contributed by atoms with E-state index in [0.29, 0.717) is 5.69 Å². The van der Waals surface area contributed by atoms with Crippen LogP contribution in [-0.4, -0.2) is 40.8 Å². The molecule has 0 aliphatic carbocycles. The average molecular weight is 238 g/mol. The molecule has 0 unspecified atom stereocenters. The zero-order valence-corrected chi connectivity index (χ0v) is 9.87. The van der Waals surface area contributed by atoms with E-state index in [1.54, 1.807) is 12.3 Å². The van der Waals surface area contributed by atoms with Gasteiger partial charge in [0.25, 0.3) is 0 Å². The highest BCUT2D eigenvalue weighted by atomic mass is 16.4. The van der Waals surface area contributed by atoms with Gasteiger partial charge in [-0.1, -0.05) is 5.16 Å². The summed E-state index contributed by atoms with van der Waals surface area (Å²) in [5, 5.41) is 20.2. The number of aromatic nitrogens is 1. The number of anilines is 1. The smallest absolute Gasteiger partial charge is 0.188 e. The van der Waals surface area contributed by atoms with Crippen LogP contribution in [0.5, 0.6) is 0 Å². The molecule has 6 nitrogen and oxygen atoms in total. The summed E-state index contributed by atoms with van der Waals surface area (Å²) in [7, 11) is 0. The quantitative estimate of drug-likeness (QED) is 0.288. The van der Waals surface area contributed by atoms with Crippen molar-refractivity contribution in [3.8, 4) is 0 Å². The van der Waals surface area contributed by atoms with Crippen LogP contribution in [0.25, 0.3) is 0 Å². The molecule has 0 spiro atoms. The highest BCUT2D eigenvalue weighted by Crippen LogP contribution is 2.13. The molecule has 1 aromatic heterocycles. The Kier molecular flexibility index (Phi) is 5.22. The molecule has 0 fully saturated rings. The minimum Gasteiger partial charge on any atom is -0.409 e. The van der Waals surface area contributed by atoms with Crippen molar-refractivity contribution in [1.29, 1.82) is 0 Å². The third kappa shape index (κ3) is 3.60. The number of nitrogens with two attached hydrogens (primary N) is 1. The molecule has 0 saturated heterocycles. The Morgan fingerprint density at radius 1 is 1.53 bits per heavy atom. The maximum atomic E-state index is 8.80. The van der Waals surface area contributed by atoms with Gasteiger partial charge in [0.05, 0.1) is 11.9 Å². The van der Waals surface area contributed by atoms with Crippen LogP contribution in [-0.2, 0) is 0 Å². The van der Waals surface area contributed by atoms with Crippen molar-refractivity contribution in [2.45, 2.75) is 13.3 Å². The summed E-state index contributed by atoms with van der Waals surface area (Å²) in [6, 6.07) is 3.56. The van der Waals surface area contributed by atoms with Crippen molar-refractivity contribution in [2.24, 2.45) is 10.9 Å². The predicted octanol–water partition coefficient (Wildman–Crippen LogP) is 0.385. The molecule has 0 aliphatic rings. The van der Waals surface area contributed by atoms with Crippen LogP contribution < -0.4 is 10.6 Å². The van der Waals surface area contributed by atoms with Crippen molar-refractivity contribution in [3.05, 3.63) is 24.0 Å². The molecule has 94 valence electrons. The normalized spacial score (nSPS) is 11.5. The topological polar surface area (TPSA) is 95.0 Å². The predicted molar refractivity (Wildman–Crippen MR) is 66.3 cm³/mol. The lowest BCUT2D eigenvalue weighted by Gasteiger charge is -2.22. The molecule has 1 heterocycles. The van der Waals surface area contributed by atoms with Crippen LogP contribution in [0, 0.1) is 0 Å². The Balaban J connectivity index is 2.77. The standard InChI is InChI=1S/C11H18N4O2/c1-2-15(6-3-7-16)9-4-5-10(13-8-9)11(12)14-17/h4-5,8,16-17H,2-3,6-7H2,1H3,(H2,12,14). The van der Waals surface area contributed by atoms with Gasteiger partial charge in [-0.3, -0.25) is 4.98 Å². The first kappa shape index (κ1) is 13.2. The number of pyridine rings is 1. The lowest BCUT2D eigenvalue weighted by molar-refractivity contribution is 0.289. The van der Waals surface area contributed by atoms with Gasteiger partial charge in [-0.15, -0.1) is 0 Å². The molecule has 17 heavy (non-hydrogen) atoms. The van der Waals surface area contributed by atoms with Crippen molar-refractivity contribution in [1.82, 2.24) is 4.98 Å². The maximum absolute atomic E-state index is 8.80. The zero-order chi connectivity index (χ0) is 12.7. The van der Waals surface area contributed by atoms with Crippen molar-refractivity contribution in [2.75, 3.05) is 24.6 Å². The molecule has 0 atom stereocenters. The Morgan fingerprint density at radius 2 is 2.29 bits per heavy atom. The fourth-order valence-corrected chi connectivity index (χ4v) is 1.51. The third-order valence-corrected chi connectivity index (χ3v) is 2.45. The Bertz CT molecular complexity index is 364. The molecule has 0 amide bonds. The molecule has 0 aromatic carbocycles. The Labute approximate surface area is 100 Å². The second kappa shape index (κ2) is 6.70. The fourth-order valence-electron chi connectivity index (χ4n) is 1.51. The number of oxime groups is 1. The first-order valence-corrected chi connectivity index (χ1v) is 5.52. The molecule has 0 saturated carbocycles. The van der Waals surface area contributed by atoms with Crippen LogP contribution in [0.4, 0.5) is 5.69 Å². The number of nitrogens with zero attached hydrogens (tertiary/aromatic N) is 3. The van der Waals surface area contributed by atoms with Gasteiger partial charge in [0.15, 0.2) is 5.84 Å². The van der Waals surface area contributed by atoms with Gasteiger partial charge >= 0.3 is 0 Å². The van der Waals surface area contributed by atoms with E-state index >= 15 is 0 Å². The van der Waals surface area contributed by atoms with E-state index in [1.807, 2.05) is 13.0 Å². The maximum Gasteiger partial charge on any atom is 0.188 e. The molecular weight excluding hydrogens is 220 g/mol. The van der Waals surface area contributed by atoms with E-state index in [1.165, 1.54) is 0 Å². The summed E-state index contributed by atoms with van der Waals surface area (Å²) < 4.78 is 0. The number of hydrogen-bond donors (Lipinski definition) is 3. The molecule has 6 heteroatoms. The molecule has 0 bridgehead atoms. The number of hydrogen-bond acceptors (Lipinski definition) is 5. The summed E-state index contributed by atoms with van der Waals surface area (Å²) in [6.07, 6.45) is 2.39. The summed E-state index contributed by atoms with van der Waals surface area (Å²) in [6.45, 7) is 3.82. The Hall–Kier alpha value is -1.82. The molecule has 1 rings (SSSR count). The van der Waals surface area contributed by atoms with E-state index < -0.39 is 0 Å². The summed E-state index contributed by atoms with van der Waals surface area (Å²) >= 11 is 0. The molecule has 0 radical (unpaired) electrons. The van der Waals surface area contributed by atoms with Gasteiger partial charge in [-0.2, -0.15) is 0 Å². The molecular formula is C11H18N4O2. The van der Waals surface area contributed by atoms with Crippen molar-refractivity contribution < 1.29 is 10.3 Å². The van der Waals surface area contributed by atoms with Crippen LogP contribution in [0.2, 0.25) is 0 Å². The molecule has 4 N–H and O–H groups in total. The molecule has 0 aliphatic heterocycles. The van der Waals surface area contributed by atoms with E-state index in [4.69, 9.17) is 16.0 Å². The van der Waals surface area contributed by atoms with Crippen LogP contribution in [0.15, 0.2) is 23.5 Å². The minimum absolute atomic E-state index is 0.00467. The van der Waals surface area contributed by atoms with Gasteiger partial charge in [0.1, 0.15) is 5.69 Å². The monoisotopic (exact) mass is 238 g/mol. The number of rotatable bonds is 6. The van der Waals surface area contributed by atoms with E-state index in [2.05, 4.69) is 15.0 Å². The minimum atomic E-state index is -0.00467. The largest absolute Gasteiger partial charge is 0.409 e. The fraction of sp³-hybridized carbons (Fsp3) is 0.455. The first-order chi connectivity index (χ1) is 8.22. The van der Waals surface area contributed by atoms with Crippen molar-refractivity contribution in [3.63, 3.8) is 0 Å². The van der Waals surface area contributed by atoms with E-state index in [-0.39, 0.29) is 12.4 Å². The number of amidine groups is 1. The van der Waals surface area contributed by atoms with Crippen LogP contribution in [0.1, 0.15) is 19.0 Å². The Morgan fingerprint density at radius 3 is 2.76 bits per heavy atom. The summed E-state index contributed by atoms with van der Waals surface area (Å²) in [5.41, 5.74) is 6.82. The van der Waals surface area contributed by atoms with Gasteiger partial charge in [0, 0.05) is 19.7 Å². The van der Waals surface area contributed by atoms with Gasteiger partial charge in [-0.05, 0) is 25.5 Å².